The van der Waals surface area contributed by atoms with Crippen LogP contribution in [0.2, 0.25) is 151 Å². The summed E-state index contributed by atoms with van der Waals surface area (Å²) >= 11 is 9.13. The Morgan fingerprint density at radius 2 is 0.378 bits per heavy atom. The first-order valence-corrected chi connectivity index (χ1v) is 67.7. The summed E-state index contributed by atoms with van der Waals surface area (Å²) in [6.45, 7) is 65.7. The Labute approximate surface area is 250 Å². The van der Waals surface area contributed by atoms with Gasteiger partial charge in [0.2, 0.25) is 0 Å². The van der Waals surface area contributed by atoms with Gasteiger partial charge in [-0.15, -0.1) is 0 Å². The molecule has 0 radical (unpaired) electrons. The fourth-order valence-electron chi connectivity index (χ4n) is 11.6. The molecule has 14 heteroatoms. The van der Waals surface area contributed by atoms with E-state index in [1.807, 2.05) is 0 Å². The summed E-state index contributed by atoms with van der Waals surface area (Å²) in [6.07, 6.45) is -1.99. The van der Waals surface area contributed by atoms with Crippen LogP contribution in [0.4, 0.5) is 0 Å². The standard InChI is InChI=1S/C23H69ClSi13/c1-25(2)27(5,6)31(13,14)36(22,32(15,16)28(25,7)8)35(21,24)37(23)33(17,18)29(9,10)26(3,4)30(11,12)34(37,19)20/h1-23H3. The van der Waals surface area contributed by atoms with Crippen LogP contribution in [0.5, 0.6) is 0 Å². The van der Waals surface area contributed by atoms with E-state index in [4.69, 9.17) is 11.1 Å². The molecule has 0 saturated carbocycles. The van der Waals surface area contributed by atoms with Crippen LogP contribution in [0.15, 0.2) is 0 Å². The van der Waals surface area contributed by atoms with Gasteiger partial charge in [-0.25, -0.2) is 0 Å². The average molecular weight is 746 g/mol. The maximum absolute atomic E-state index is 9.13. The van der Waals surface area contributed by atoms with E-state index in [2.05, 4.69) is 151 Å². The topological polar surface area (TPSA) is 0 Å². The maximum atomic E-state index is 9.13. The summed E-state index contributed by atoms with van der Waals surface area (Å²) in [6, 6.07) is 0. The molecule has 0 nitrogen and oxygen atoms in total. The number of hydrogen-bond donors (Lipinski definition) is 0. The third-order valence-electron chi connectivity index (χ3n) is 19.4. The van der Waals surface area contributed by atoms with Crippen LogP contribution in [0.3, 0.4) is 0 Å². The van der Waals surface area contributed by atoms with Gasteiger partial charge in [0.05, 0.1) is 0 Å². The minimum atomic E-state index is -1.99. The van der Waals surface area contributed by atoms with E-state index in [0.717, 1.165) is 0 Å². The molecule has 0 aromatic carbocycles. The molecule has 0 atom stereocenters. The summed E-state index contributed by atoms with van der Waals surface area (Å²) in [5, 5.41) is 0. The molecule has 0 unspecified atom stereocenters. The molecule has 0 aliphatic carbocycles. The van der Waals surface area contributed by atoms with E-state index in [1.54, 1.807) is 0 Å². The van der Waals surface area contributed by atoms with Gasteiger partial charge in [0, 0.05) is 84.3 Å². The van der Waals surface area contributed by atoms with Crippen LogP contribution in [0, 0.1) is 0 Å². The lowest BCUT2D eigenvalue weighted by Crippen LogP contribution is -3.12. The lowest BCUT2D eigenvalue weighted by Gasteiger charge is -2.81. The molecule has 2 aliphatic heterocycles. The third-order valence-corrected chi connectivity index (χ3v) is 412. The monoisotopic (exact) mass is 744 g/mol. The number of rotatable bonds is 2. The van der Waals surface area contributed by atoms with Gasteiger partial charge in [-0.3, -0.25) is 0 Å². The van der Waals surface area contributed by atoms with E-state index >= 15 is 0 Å². The quantitative estimate of drug-likeness (QED) is 0.196. The zero-order valence-electron chi connectivity index (χ0n) is 29.9. The number of halogens is 1. The predicted molar refractivity (Wildman–Crippen MR) is 216 cm³/mol. The van der Waals surface area contributed by atoms with Crippen molar-refractivity contribution in [1.29, 1.82) is 0 Å². The highest BCUT2D eigenvalue weighted by molar-refractivity contribution is 8.34. The van der Waals surface area contributed by atoms with Crippen LogP contribution in [-0.2, 0) is 0 Å². The lowest BCUT2D eigenvalue weighted by atomic mass is 11.9. The molecule has 0 bridgehead atoms. The Kier molecular flexibility index (Phi) is 8.47. The maximum Gasteiger partial charge on any atom is 0.125 e. The van der Waals surface area contributed by atoms with Crippen molar-refractivity contribution < 1.29 is 0 Å². The Morgan fingerprint density at radius 1 is 0.270 bits per heavy atom. The zero-order chi connectivity index (χ0) is 30.5. The molecule has 0 spiro atoms. The second-order valence-electron chi connectivity index (χ2n) is 19.5. The molecule has 2 fully saturated rings. The highest BCUT2D eigenvalue weighted by atomic mass is 35.6. The predicted octanol–water partition coefficient (Wildman–Crippen LogP) is 9.17. The van der Waals surface area contributed by atoms with Gasteiger partial charge in [0.25, 0.3) is 0 Å². The van der Waals surface area contributed by atoms with Crippen molar-refractivity contribution in [3.8, 4) is 0 Å². The molecule has 2 rings (SSSR count). The van der Waals surface area contributed by atoms with E-state index in [-0.39, 0.29) is 0 Å². The van der Waals surface area contributed by atoms with Crippen molar-refractivity contribution in [3.05, 3.63) is 0 Å². The first kappa shape index (κ1) is 36.3. The van der Waals surface area contributed by atoms with Gasteiger partial charge < -0.3 is 0 Å². The molecule has 37 heavy (non-hydrogen) atoms. The van der Waals surface area contributed by atoms with Crippen LogP contribution in [-0.4, -0.2) is 90.8 Å². The molecular formula is C23H69ClSi13. The first-order valence-electron chi connectivity index (χ1n) is 15.2. The first-order chi connectivity index (χ1) is 15.5. The molecule has 0 aromatic rings. The summed E-state index contributed by atoms with van der Waals surface area (Å²) in [7, 11) is -13.7. The summed E-state index contributed by atoms with van der Waals surface area (Å²) < 4.78 is 0. The molecule has 2 aliphatic rings. The summed E-state index contributed by atoms with van der Waals surface area (Å²) in [5.41, 5.74) is 0. The van der Waals surface area contributed by atoms with Crippen LogP contribution in [0.25, 0.3) is 0 Å². The SMILES string of the molecule is C[Si]1(C)[Si](C)(C)[Si](C)(C)[Si](C)([Si](C)(Cl)[Si]2(C)[Si](C)(C)[Si](C)(C)[Si](C)(C)[Si](C)(C)[Si]2(C)C)[Si](C)(C)[Si]1(C)C. The summed E-state index contributed by atoms with van der Waals surface area (Å²) in [4.78, 5) is 0. The average Bonchev–Trinajstić information content (AvgIpc) is 2.68. The number of hydrogen-bond acceptors (Lipinski definition) is 0. The molecule has 2 heterocycles. The molecule has 0 amide bonds. The largest absolute Gasteiger partial charge is 0.175 e. The highest BCUT2D eigenvalue weighted by Crippen LogP contribution is 2.61. The normalized spacial score (nSPS) is 34.4. The van der Waals surface area contributed by atoms with Crippen molar-refractivity contribution in [2.75, 3.05) is 0 Å². The Hall–Kier alpha value is 3.11. The van der Waals surface area contributed by atoms with Gasteiger partial charge in [0.15, 0.2) is 0 Å². The van der Waals surface area contributed by atoms with Crippen molar-refractivity contribution in [1.82, 2.24) is 0 Å². The fourth-order valence-corrected chi connectivity index (χ4v) is 745. The van der Waals surface area contributed by atoms with E-state index in [0.29, 0.717) is 0 Å². The highest BCUT2D eigenvalue weighted by Gasteiger charge is 2.88. The van der Waals surface area contributed by atoms with Gasteiger partial charge in [-0.1, -0.05) is 151 Å². The van der Waals surface area contributed by atoms with E-state index < -0.39 is 90.8 Å². The molecule has 0 N–H and O–H groups in total. The van der Waals surface area contributed by atoms with Crippen LogP contribution >= 0.6 is 11.1 Å². The van der Waals surface area contributed by atoms with Gasteiger partial charge in [-0.05, 0) is 0 Å². The lowest BCUT2D eigenvalue weighted by molar-refractivity contribution is 1.73. The smallest absolute Gasteiger partial charge is 0.125 e. The van der Waals surface area contributed by atoms with Crippen molar-refractivity contribution in [2.24, 2.45) is 0 Å². The van der Waals surface area contributed by atoms with Gasteiger partial charge >= 0.3 is 0 Å². The molecule has 220 valence electrons. The second-order valence-corrected chi connectivity index (χ2v) is 187. The zero-order valence-corrected chi connectivity index (χ0v) is 43.6. The third kappa shape index (κ3) is 3.23. The van der Waals surface area contributed by atoms with Crippen molar-refractivity contribution in [3.63, 3.8) is 0 Å². The Morgan fingerprint density at radius 3 is 0.514 bits per heavy atom. The van der Waals surface area contributed by atoms with Crippen molar-refractivity contribution in [2.45, 2.75) is 151 Å². The summed E-state index contributed by atoms with van der Waals surface area (Å²) in [5.74, 6) is 0. The van der Waals surface area contributed by atoms with Crippen LogP contribution < -0.4 is 0 Å². The van der Waals surface area contributed by atoms with Gasteiger partial charge in [-0.2, -0.15) is 11.1 Å². The second kappa shape index (κ2) is 8.63. The van der Waals surface area contributed by atoms with E-state index in [1.165, 1.54) is 0 Å². The van der Waals surface area contributed by atoms with Crippen molar-refractivity contribution >= 4 is 102 Å². The molecule has 0 aromatic heterocycles. The molecular weight excluding hydrogens is 677 g/mol. The molecule has 2 saturated heterocycles. The minimum absolute atomic E-state index is 1.25. The fraction of sp³-hybridized carbons (Fsp3) is 1.00. The minimum Gasteiger partial charge on any atom is -0.175 e. The Bertz CT molecular complexity index is 837. The van der Waals surface area contributed by atoms with Crippen LogP contribution in [0.1, 0.15) is 0 Å². The Balaban J connectivity index is 3.23. The van der Waals surface area contributed by atoms with Gasteiger partial charge in [0.1, 0.15) is 6.42 Å². The van der Waals surface area contributed by atoms with E-state index in [9.17, 15) is 0 Å².